The summed E-state index contributed by atoms with van der Waals surface area (Å²) in [5.41, 5.74) is 3.32. The minimum Gasteiger partial charge on any atom is -0.345 e. The predicted octanol–water partition coefficient (Wildman–Crippen LogP) is 3.31. The number of rotatable bonds is 4. The molecule has 0 saturated heterocycles. The summed E-state index contributed by atoms with van der Waals surface area (Å²) in [6.07, 6.45) is 3.40. The van der Waals surface area contributed by atoms with Crippen LogP contribution in [0.2, 0.25) is 0 Å². The molecule has 0 saturated carbocycles. The Morgan fingerprint density at radius 2 is 2.00 bits per heavy atom. The lowest BCUT2D eigenvalue weighted by Crippen LogP contribution is -2.10. The summed E-state index contributed by atoms with van der Waals surface area (Å²) in [6, 6.07) is 3.71. The van der Waals surface area contributed by atoms with E-state index >= 15 is 0 Å². The molecule has 3 aromatic heterocycles. The van der Waals surface area contributed by atoms with Crippen molar-refractivity contribution in [2.75, 3.05) is 5.75 Å². The van der Waals surface area contributed by atoms with Gasteiger partial charge in [0.25, 0.3) is 0 Å². The highest BCUT2D eigenvalue weighted by atomic mass is 32.2. The number of hydrogen-bond acceptors (Lipinski definition) is 5. The van der Waals surface area contributed by atoms with Crippen molar-refractivity contribution in [3.63, 3.8) is 0 Å². The summed E-state index contributed by atoms with van der Waals surface area (Å²) in [7, 11) is 0. The molecule has 5 nitrogen and oxygen atoms in total. The summed E-state index contributed by atoms with van der Waals surface area (Å²) in [6.45, 7) is 5.76. The van der Waals surface area contributed by atoms with E-state index in [0.717, 1.165) is 16.3 Å². The molecule has 0 aliphatic rings. The number of nitrogens with one attached hydrogen (secondary N) is 1. The van der Waals surface area contributed by atoms with Gasteiger partial charge in [0.1, 0.15) is 5.65 Å². The zero-order valence-electron chi connectivity index (χ0n) is 12.7. The van der Waals surface area contributed by atoms with Crippen molar-refractivity contribution in [1.29, 1.82) is 0 Å². The van der Waals surface area contributed by atoms with Gasteiger partial charge in [0.05, 0.1) is 17.0 Å². The molecule has 0 unspecified atom stereocenters. The van der Waals surface area contributed by atoms with Crippen LogP contribution in [0.4, 0.5) is 0 Å². The Labute approximate surface area is 132 Å². The quantitative estimate of drug-likeness (QED) is 0.454. The highest BCUT2D eigenvalue weighted by molar-refractivity contribution is 7.99. The Morgan fingerprint density at radius 3 is 2.68 bits per heavy atom. The van der Waals surface area contributed by atoms with Crippen molar-refractivity contribution in [3.05, 3.63) is 47.0 Å². The third kappa shape index (κ3) is 2.50. The van der Waals surface area contributed by atoms with Gasteiger partial charge < -0.3 is 4.98 Å². The van der Waals surface area contributed by atoms with Crippen LogP contribution in [0.5, 0.6) is 0 Å². The molecule has 3 heterocycles. The second-order valence-corrected chi connectivity index (χ2v) is 6.15. The second-order valence-electron chi connectivity index (χ2n) is 4.92. The molecule has 0 fully saturated rings. The third-order valence-corrected chi connectivity index (χ3v) is 4.18. The molecule has 0 aliphatic carbocycles. The van der Waals surface area contributed by atoms with Gasteiger partial charge in [-0.05, 0) is 31.7 Å². The molecule has 1 N–H and O–H groups in total. The van der Waals surface area contributed by atoms with Crippen LogP contribution in [-0.2, 0) is 0 Å². The van der Waals surface area contributed by atoms with Crippen LogP contribution >= 0.6 is 11.8 Å². The molecule has 0 aromatic carbocycles. The lowest BCUT2D eigenvalue weighted by molar-refractivity contribution is 0.103. The molecule has 22 heavy (non-hydrogen) atoms. The summed E-state index contributed by atoms with van der Waals surface area (Å²) >= 11 is 1.57. The Bertz CT molecular complexity index is 833. The number of carbonyl (C=O) groups is 1. The molecule has 0 radical (unpaired) electrons. The van der Waals surface area contributed by atoms with Crippen LogP contribution in [0.15, 0.2) is 29.7 Å². The Hall–Kier alpha value is -2.21. The fraction of sp³-hybridized carbons (Fsp3) is 0.250. The fourth-order valence-corrected chi connectivity index (χ4v) is 3.15. The van der Waals surface area contributed by atoms with Crippen molar-refractivity contribution >= 4 is 28.6 Å². The molecule has 0 atom stereocenters. The lowest BCUT2D eigenvalue weighted by Gasteiger charge is -2.09. The van der Waals surface area contributed by atoms with E-state index in [-0.39, 0.29) is 5.78 Å². The number of aromatic amines is 1. The minimum atomic E-state index is -0.0673. The normalized spacial score (nSPS) is 11.0. The molecule has 6 heteroatoms. The average Bonchev–Trinajstić information content (AvgIpc) is 2.90. The minimum absolute atomic E-state index is 0.0673. The maximum Gasteiger partial charge on any atom is 0.198 e. The predicted molar refractivity (Wildman–Crippen MR) is 87.4 cm³/mol. The molecule has 0 bridgehead atoms. The van der Waals surface area contributed by atoms with Crippen molar-refractivity contribution in [2.24, 2.45) is 0 Å². The number of pyridine rings is 1. The van der Waals surface area contributed by atoms with Gasteiger partial charge in [0, 0.05) is 23.3 Å². The molecule has 0 aliphatic heterocycles. The van der Waals surface area contributed by atoms with Gasteiger partial charge in [-0.2, -0.15) is 0 Å². The number of ketones is 1. The zero-order valence-corrected chi connectivity index (χ0v) is 13.5. The standard InChI is InChI=1S/C16H16N4OS/c1-4-22-16-19-9(2)13(10(3)20-16)14(21)12-8-18-15-11(12)6-5-7-17-15/h5-8H,4H2,1-3H3,(H,17,18). The summed E-state index contributed by atoms with van der Waals surface area (Å²) in [5.74, 6) is 0.836. The Kier molecular flexibility index (Phi) is 3.94. The number of thioether (sulfide) groups is 1. The van der Waals surface area contributed by atoms with Crippen LogP contribution in [0.3, 0.4) is 0 Å². The summed E-state index contributed by atoms with van der Waals surface area (Å²) in [4.78, 5) is 29.0. The zero-order chi connectivity index (χ0) is 15.7. The first-order chi connectivity index (χ1) is 10.6. The van der Waals surface area contributed by atoms with Gasteiger partial charge >= 0.3 is 0 Å². The lowest BCUT2D eigenvalue weighted by atomic mass is 10.0. The van der Waals surface area contributed by atoms with Gasteiger partial charge in [-0.3, -0.25) is 4.79 Å². The van der Waals surface area contributed by atoms with Crippen molar-refractivity contribution in [3.8, 4) is 0 Å². The van der Waals surface area contributed by atoms with E-state index < -0.39 is 0 Å². The highest BCUT2D eigenvalue weighted by Crippen LogP contribution is 2.23. The maximum absolute atomic E-state index is 12.9. The van der Waals surface area contributed by atoms with Crippen LogP contribution in [0.25, 0.3) is 11.0 Å². The van der Waals surface area contributed by atoms with Crippen LogP contribution in [0, 0.1) is 13.8 Å². The second kappa shape index (κ2) is 5.88. The number of nitrogens with zero attached hydrogens (tertiary/aromatic N) is 3. The van der Waals surface area contributed by atoms with Crippen LogP contribution in [0.1, 0.15) is 34.2 Å². The van der Waals surface area contributed by atoms with Crippen molar-refractivity contribution < 1.29 is 4.79 Å². The Morgan fingerprint density at radius 1 is 1.27 bits per heavy atom. The first-order valence-corrected chi connectivity index (χ1v) is 8.05. The first kappa shape index (κ1) is 14.7. The van der Waals surface area contributed by atoms with Crippen LogP contribution in [-0.4, -0.2) is 31.5 Å². The van der Waals surface area contributed by atoms with E-state index in [1.54, 1.807) is 24.2 Å². The first-order valence-electron chi connectivity index (χ1n) is 7.06. The van der Waals surface area contributed by atoms with E-state index in [9.17, 15) is 4.79 Å². The number of aryl methyl sites for hydroxylation is 2. The van der Waals surface area contributed by atoms with E-state index in [4.69, 9.17) is 0 Å². The molecule has 0 amide bonds. The van der Waals surface area contributed by atoms with Crippen molar-refractivity contribution in [1.82, 2.24) is 19.9 Å². The van der Waals surface area contributed by atoms with Crippen molar-refractivity contribution in [2.45, 2.75) is 25.9 Å². The Balaban J connectivity index is 2.09. The molecular formula is C16H16N4OS. The number of hydrogen-bond donors (Lipinski definition) is 1. The molecule has 3 rings (SSSR count). The van der Waals surface area contributed by atoms with Gasteiger partial charge in [0.15, 0.2) is 10.9 Å². The largest absolute Gasteiger partial charge is 0.345 e. The van der Waals surface area contributed by atoms with Gasteiger partial charge in [-0.15, -0.1) is 0 Å². The number of aromatic nitrogens is 4. The van der Waals surface area contributed by atoms with Gasteiger partial charge in [-0.25, -0.2) is 15.0 Å². The van der Waals surface area contributed by atoms with Gasteiger partial charge in [-0.1, -0.05) is 18.7 Å². The number of fused-ring (bicyclic) bond motifs is 1. The highest BCUT2D eigenvalue weighted by Gasteiger charge is 2.20. The van der Waals surface area contributed by atoms with Gasteiger partial charge in [0.2, 0.25) is 0 Å². The average molecular weight is 312 g/mol. The summed E-state index contributed by atoms with van der Waals surface area (Å²) < 4.78 is 0. The smallest absolute Gasteiger partial charge is 0.198 e. The third-order valence-electron chi connectivity index (χ3n) is 3.45. The van der Waals surface area contributed by atoms with E-state index in [2.05, 4.69) is 26.9 Å². The van der Waals surface area contributed by atoms with E-state index in [1.165, 1.54) is 0 Å². The fourth-order valence-electron chi connectivity index (χ4n) is 2.49. The summed E-state index contributed by atoms with van der Waals surface area (Å²) in [5, 5.41) is 1.54. The number of H-pyrrole nitrogens is 1. The molecule has 3 aromatic rings. The van der Waals surface area contributed by atoms with E-state index in [1.807, 2.05) is 26.0 Å². The number of carbonyl (C=O) groups excluding carboxylic acids is 1. The molecular weight excluding hydrogens is 296 g/mol. The van der Waals surface area contributed by atoms with Crippen LogP contribution < -0.4 is 0 Å². The monoisotopic (exact) mass is 312 g/mol. The topological polar surface area (TPSA) is 71.5 Å². The SMILES string of the molecule is CCSc1nc(C)c(C(=O)c2c[nH]c3ncccc23)c(C)n1. The maximum atomic E-state index is 12.9. The molecule has 0 spiro atoms. The molecule has 112 valence electrons. The van der Waals surface area contributed by atoms with E-state index in [0.29, 0.717) is 28.2 Å².